The summed E-state index contributed by atoms with van der Waals surface area (Å²) in [5.74, 6) is 0.128. The van der Waals surface area contributed by atoms with E-state index < -0.39 is 6.10 Å². The smallest absolute Gasteiger partial charge is 0.228 e. The van der Waals surface area contributed by atoms with E-state index in [2.05, 4.69) is 10.4 Å². The van der Waals surface area contributed by atoms with Crippen LogP contribution in [0.5, 0.6) is 0 Å². The second-order valence-corrected chi connectivity index (χ2v) is 5.74. The van der Waals surface area contributed by atoms with Crippen LogP contribution < -0.4 is 5.32 Å². The highest BCUT2D eigenvalue weighted by molar-refractivity contribution is 6.30. The number of amides is 1. The quantitative estimate of drug-likeness (QED) is 0.745. The second kappa shape index (κ2) is 7.29. The third kappa shape index (κ3) is 4.01. The van der Waals surface area contributed by atoms with Crippen molar-refractivity contribution in [1.29, 1.82) is 0 Å². The maximum absolute atomic E-state index is 12.1. The van der Waals surface area contributed by atoms with Gasteiger partial charge in [0.05, 0.1) is 18.2 Å². The fourth-order valence-corrected chi connectivity index (χ4v) is 2.41. The van der Waals surface area contributed by atoms with Crippen molar-refractivity contribution >= 4 is 23.3 Å². The number of aliphatic hydroxyl groups is 1. The molecule has 3 rings (SSSR count). The van der Waals surface area contributed by atoms with Crippen molar-refractivity contribution < 1.29 is 9.90 Å². The normalized spacial score (nSPS) is 11.9. The molecule has 0 aliphatic carbocycles. The molecule has 0 fully saturated rings. The summed E-state index contributed by atoms with van der Waals surface area (Å²) in [5.41, 5.74) is 1.54. The Morgan fingerprint density at radius 3 is 2.54 bits per heavy atom. The summed E-state index contributed by atoms with van der Waals surface area (Å²) >= 11 is 5.81. The number of aromatic nitrogens is 2. The van der Waals surface area contributed by atoms with Gasteiger partial charge in [0, 0.05) is 17.3 Å². The summed E-state index contributed by atoms with van der Waals surface area (Å²) in [6.07, 6.45) is 0.818. The zero-order valence-electron chi connectivity index (χ0n) is 12.8. The number of hydrogen-bond donors (Lipinski definition) is 2. The van der Waals surface area contributed by atoms with Crippen molar-refractivity contribution in [3.8, 4) is 5.69 Å². The van der Waals surface area contributed by atoms with Crippen LogP contribution in [-0.4, -0.2) is 20.8 Å². The van der Waals surface area contributed by atoms with E-state index in [4.69, 9.17) is 11.6 Å². The fraction of sp³-hybridized carbons (Fsp3) is 0.111. The SMILES string of the molecule is O=C(CC(O)c1ccc(Cl)cc1)Nc1ccn(-c2ccccc2)n1. The largest absolute Gasteiger partial charge is 0.388 e. The van der Waals surface area contributed by atoms with Crippen LogP contribution in [0.25, 0.3) is 5.69 Å². The molecule has 0 saturated carbocycles. The van der Waals surface area contributed by atoms with Crippen molar-refractivity contribution in [3.05, 3.63) is 77.4 Å². The van der Waals surface area contributed by atoms with E-state index in [0.29, 0.717) is 16.4 Å². The van der Waals surface area contributed by atoms with Crippen LogP contribution in [0.1, 0.15) is 18.1 Å². The molecule has 1 heterocycles. The number of halogens is 1. The lowest BCUT2D eigenvalue weighted by Crippen LogP contribution is -2.16. The van der Waals surface area contributed by atoms with Crippen molar-refractivity contribution in [2.45, 2.75) is 12.5 Å². The molecule has 1 aromatic heterocycles. The second-order valence-electron chi connectivity index (χ2n) is 5.30. The average molecular weight is 342 g/mol. The highest BCUT2D eigenvalue weighted by atomic mass is 35.5. The van der Waals surface area contributed by atoms with Crippen LogP contribution in [0, 0.1) is 0 Å². The highest BCUT2D eigenvalue weighted by Gasteiger charge is 2.14. The first-order valence-corrected chi connectivity index (χ1v) is 7.84. The molecule has 0 aliphatic heterocycles. The predicted octanol–water partition coefficient (Wildman–Crippen LogP) is 3.59. The van der Waals surface area contributed by atoms with Gasteiger partial charge in [-0.15, -0.1) is 0 Å². The number of hydrogen-bond acceptors (Lipinski definition) is 3. The lowest BCUT2D eigenvalue weighted by molar-refractivity contribution is -0.118. The molecular weight excluding hydrogens is 326 g/mol. The molecule has 2 aromatic carbocycles. The zero-order chi connectivity index (χ0) is 16.9. The van der Waals surface area contributed by atoms with E-state index in [9.17, 15) is 9.90 Å². The highest BCUT2D eigenvalue weighted by Crippen LogP contribution is 2.20. The number of nitrogens with one attached hydrogen (secondary N) is 1. The first-order valence-electron chi connectivity index (χ1n) is 7.46. The van der Waals surface area contributed by atoms with Crippen molar-refractivity contribution in [2.75, 3.05) is 5.32 Å². The Kier molecular flexibility index (Phi) is 4.93. The Balaban J connectivity index is 1.61. The molecule has 5 nitrogen and oxygen atoms in total. The van der Waals surface area contributed by atoms with E-state index in [-0.39, 0.29) is 12.3 Å². The number of rotatable bonds is 5. The Hall–Kier alpha value is -2.63. The minimum absolute atomic E-state index is 0.0557. The maximum atomic E-state index is 12.1. The van der Waals surface area contributed by atoms with E-state index in [1.54, 1.807) is 41.2 Å². The fourth-order valence-electron chi connectivity index (χ4n) is 2.29. The molecular formula is C18H16ClN3O2. The summed E-state index contributed by atoms with van der Waals surface area (Å²) in [5, 5.41) is 17.7. The Morgan fingerprint density at radius 1 is 1.12 bits per heavy atom. The Labute approximate surface area is 144 Å². The molecule has 1 atom stereocenters. The summed E-state index contributed by atoms with van der Waals surface area (Å²) in [6, 6.07) is 18.1. The third-order valence-electron chi connectivity index (χ3n) is 3.51. The van der Waals surface area contributed by atoms with Gasteiger partial charge in [0.1, 0.15) is 0 Å². The maximum Gasteiger partial charge on any atom is 0.228 e. The molecule has 0 aliphatic rings. The molecule has 1 amide bonds. The zero-order valence-corrected chi connectivity index (χ0v) is 13.5. The molecule has 0 spiro atoms. The number of aliphatic hydroxyl groups excluding tert-OH is 1. The summed E-state index contributed by atoms with van der Waals surface area (Å²) in [7, 11) is 0. The Bertz CT molecular complexity index is 816. The van der Waals surface area contributed by atoms with E-state index in [1.165, 1.54) is 0 Å². The van der Waals surface area contributed by atoms with E-state index in [0.717, 1.165) is 5.69 Å². The lowest BCUT2D eigenvalue weighted by atomic mass is 10.1. The molecule has 2 N–H and O–H groups in total. The van der Waals surface area contributed by atoms with Gasteiger partial charge >= 0.3 is 0 Å². The number of para-hydroxylation sites is 1. The number of benzene rings is 2. The van der Waals surface area contributed by atoms with Gasteiger partial charge in [-0.05, 0) is 29.8 Å². The predicted molar refractivity (Wildman–Crippen MR) is 93.2 cm³/mol. The minimum Gasteiger partial charge on any atom is -0.388 e. The third-order valence-corrected chi connectivity index (χ3v) is 3.76. The summed E-state index contributed by atoms with van der Waals surface area (Å²) < 4.78 is 1.67. The van der Waals surface area contributed by atoms with Gasteiger partial charge in [-0.1, -0.05) is 41.9 Å². The van der Waals surface area contributed by atoms with Gasteiger partial charge in [0.15, 0.2) is 5.82 Å². The van der Waals surface area contributed by atoms with Gasteiger partial charge in [-0.25, -0.2) is 4.68 Å². The molecule has 0 saturated heterocycles. The summed E-state index contributed by atoms with van der Waals surface area (Å²) in [4.78, 5) is 12.1. The van der Waals surface area contributed by atoms with Gasteiger partial charge in [0.25, 0.3) is 0 Å². The minimum atomic E-state index is -0.890. The van der Waals surface area contributed by atoms with Gasteiger partial charge in [-0.2, -0.15) is 5.10 Å². The number of carbonyl (C=O) groups is 1. The van der Waals surface area contributed by atoms with Gasteiger partial charge in [0.2, 0.25) is 5.91 Å². The van der Waals surface area contributed by atoms with Crippen LogP contribution in [-0.2, 0) is 4.79 Å². The van der Waals surface area contributed by atoms with E-state index in [1.807, 2.05) is 30.3 Å². The number of carbonyl (C=O) groups excluding carboxylic acids is 1. The monoisotopic (exact) mass is 341 g/mol. The van der Waals surface area contributed by atoms with Crippen LogP contribution in [0.4, 0.5) is 5.82 Å². The Morgan fingerprint density at radius 2 is 1.83 bits per heavy atom. The number of anilines is 1. The number of nitrogens with zero attached hydrogens (tertiary/aromatic N) is 2. The average Bonchev–Trinajstić information content (AvgIpc) is 3.04. The molecule has 6 heteroatoms. The van der Waals surface area contributed by atoms with Crippen molar-refractivity contribution in [1.82, 2.24) is 9.78 Å². The first-order chi connectivity index (χ1) is 11.6. The molecule has 3 aromatic rings. The van der Waals surface area contributed by atoms with Crippen LogP contribution in [0.15, 0.2) is 66.9 Å². The van der Waals surface area contributed by atoms with Gasteiger partial charge < -0.3 is 10.4 Å². The van der Waals surface area contributed by atoms with Crippen molar-refractivity contribution in [3.63, 3.8) is 0 Å². The molecule has 0 radical (unpaired) electrons. The standard InChI is InChI=1S/C18H16ClN3O2/c19-14-8-6-13(7-9-14)16(23)12-18(24)20-17-10-11-22(21-17)15-4-2-1-3-5-15/h1-11,16,23H,12H2,(H,20,21,24). The topological polar surface area (TPSA) is 67.2 Å². The van der Waals surface area contributed by atoms with Crippen molar-refractivity contribution in [2.24, 2.45) is 0 Å². The van der Waals surface area contributed by atoms with E-state index >= 15 is 0 Å². The van der Waals surface area contributed by atoms with Crippen LogP contribution >= 0.6 is 11.6 Å². The molecule has 24 heavy (non-hydrogen) atoms. The first kappa shape index (κ1) is 16.2. The molecule has 122 valence electrons. The lowest BCUT2D eigenvalue weighted by Gasteiger charge is -2.10. The molecule has 0 bridgehead atoms. The molecule has 1 unspecified atom stereocenters. The van der Waals surface area contributed by atoms with Gasteiger partial charge in [-0.3, -0.25) is 4.79 Å². The summed E-state index contributed by atoms with van der Waals surface area (Å²) in [6.45, 7) is 0. The van der Waals surface area contributed by atoms with Crippen LogP contribution in [0.3, 0.4) is 0 Å². The van der Waals surface area contributed by atoms with Crippen LogP contribution in [0.2, 0.25) is 5.02 Å².